The zero-order chi connectivity index (χ0) is 13.8. The molecule has 0 spiro atoms. The van der Waals surface area contributed by atoms with E-state index in [9.17, 15) is 5.11 Å². The molecule has 0 radical (unpaired) electrons. The first-order chi connectivity index (χ1) is 9.15. The van der Waals surface area contributed by atoms with E-state index in [0.717, 1.165) is 9.13 Å². The standard InChI is InChI=1S/C15H15IO3/c1-18-12-6-7-14(19-2)13(9-12)15(17)10-4-3-5-11(16)8-10/h3-9,15,17H,1-2H3. The molecule has 1 atom stereocenters. The van der Waals surface area contributed by atoms with E-state index >= 15 is 0 Å². The van der Waals surface area contributed by atoms with Crippen molar-refractivity contribution in [1.82, 2.24) is 0 Å². The Kier molecular flexibility index (Phi) is 4.66. The first-order valence-corrected chi connectivity index (χ1v) is 6.89. The normalized spacial score (nSPS) is 12.0. The number of benzene rings is 2. The zero-order valence-corrected chi connectivity index (χ0v) is 12.9. The van der Waals surface area contributed by atoms with Gasteiger partial charge in [-0.3, -0.25) is 0 Å². The summed E-state index contributed by atoms with van der Waals surface area (Å²) in [4.78, 5) is 0. The quantitative estimate of drug-likeness (QED) is 0.839. The molecule has 4 heteroatoms. The second-order valence-corrected chi connectivity index (χ2v) is 5.31. The molecule has 19 heavy (non-hydrogen) atoms. The Balaban J connectivity index is 2.44. The van der Waals surface area contributed by atoms with Gasteiger partial charge in [-0.1, -0.05) is 12.1 Å². The topological polar surface area (TPSA) is 38.7 Å². The molecule has 1 N–H and O–H groups in total. The van der Waals surface area contributed by atoms with Gasteiger partial charge >= 0.3 is 0 Å². The Bertz CT molecular complexity index is 569. The third-order valence-electron chi connectivity index (χ3n) is 2.90. The number of hydrogen-bond donors (Lipinski definition) is 1. The maximum absolute atomic E-state index is 10.5. The molecule has 0 aliphatic carbocycles. The lowest BCUT2D eigenvalue weighted by Crippen LogP contribution is -2.03. The van der Waals surface area contributed by atoms with Gasteiger partial charge in [-0.15, -0.1) is 0 Å². The second-order valence-electron chi connectivity index (χ2n) is 4.07. The van der Waals surface area contributed by atoms with E-state index in [1.54, 1.807) is 26.4 Å². The molecule has 0 heterocycles. The van der Waals surface area contributed by atoms with Crippen LogP contribution in [0.25, 0.3) is 0 Å². The zero-order valence-electron chi connectivity index (χ0n) is 10.8. The van der Waals surface area contributed by atoms with Crippen LogP contribution in [0.2, 0.25) is 0 Å². The van der Waals surface area contributed by atoms with Gasteiger partial charge in [0.05, 0.1) is 14.2 Å². The average molecular weight is 370 g/mol. The average Bonchev–Trinajstić information content (AvgIpc) is 2.45. The van der Waals surface area contributed by atoms with Gasteiger partial charge in [0.15, 0.2) is 0 Å². The van der Waals surface area contributed by atoms with Gasteiger partial charge in [-0.05, 0) is 58.5 Å². The highest BCUT2D eigenvalue weighted by Gasteiger charge is 2.16. The van der Waals surface area contributed by atoms with Gasteiger partial charge in [-0.2, -0.15) is 0 Å². The Labute approximate surface area is 126 Å². The van der Waals surface area contributed by atoms with E-state index in [2.05, 4.69) is 22.6 Å². The summed E-state index contributed by atoms with van der Waals surface area (Å²) in [6, 6.07) is 13.2. The Morgan fingerprint density at radius 2 is 1.84 bits per heavy atom. The molecule has 0 aliphatic rings. The molecular formula is C15H15IO3. The van der Waals surface area contributed by atoms with Crippen molar-refractivity contribution in [1.29, 1.82) is 0 Å². The molecular weight excluding hydrogens is 355 g/mol. The van der Waals surface area contributed by atoms with Gasteiger partial charge in [0.2, 0.25) is 0 Å². The lowest BCUT2D eigenvalue weighted by atomic mass is 10.0. The van der Waals surface area contributed by atoms with Crippen LogP contribution >= 0.6 is 22.6 Å². The summed E-state index contributed by atoms with van der Waals surface area (Å²) in [5.74, 6) is 1.34. The van der Waals surface area contributed by atoms with E-state index in [1.165, 1.54) is 0 Å². The van der Waals surface area contributed by atoms with Crippen molar-refractivity contribution in [3.63, 3.8) is 0 Å². The molecule has 0 amide bonds. The van der Waals surface area contributed by atoms with E-state index < -0.39 is 6.10 Å². The third-order valence-corrected chi connectivity index (χ3v) is 3.57. The SMILES string of the molecule is COc1ccc(OC)c(C(O)c2cccc(I)c2)c1. The third kappa shape index (κ3) is 3.19. The molecule has 0 aromatic heterocycles. The van der Waals surface area contributed by atoms with E-state index in [1.807, 2.05) is 30.3 Å². The van der Waals surface area contributed by atoms with Crippen LogP contribution in [0, 0.1) is 3.57 Å². The van der Waals surface area contributed by atoms with Gasteiger partial charge in [-0.25, -0.2) is 0 Å². The summed E-state index contributed by atoms with van der Waals surface area (Å²) >= 11 is 2.22. The molecule has 3 nitrogen and oxygen atoms in total. The molecule has 2 rings (SSSR count). The predicted molar refractivity (Wildman–Crippen MR) is 82.8 cm³/mol. The first-order valence-electron chi connectivity index (χ1n) is 5.81. The summed E-state index contributed by atoms with van der Waals surface area (Å²) in [5, 5.41) is 10.5. The molecule has 1 unspecified atom stereocenters. The summed E-state index contributed by atoms with van der Waals surface area (Å²) in [7, 11) is 3.19. The molecule has 0 aliphatic heterocycles. The smallest absolute Gasteiger partial charge is 0.125 e. The van der Waals surface area contributed by atoms with Crippen LogP contribution < -0.4 is 9.47 Å². The Hall–Kier alpha value is -1.27. The van der Waals surface area contributed by atoms with Crippen LogP contribution in [0.4, 0.5) is 0 Å². The maximum atomic E-state index is 10.5. The lowest BCUT2D eigenvalue weighted by molar-refractivity contribution is 0.214. The number of rotatable bonds is 4. The molecule has 0 saturated heterocycles. The summed E-state index contributed by atoms with van der Waals surface area (Å²) in [5.41, 5.74) is 1.53. The van der Waals surface area contributed by atoms with E-state index in [0.29, 0.717) is 17.1 Å². The predicted octanol–water partition coefficient (Wildman–Crippen LogP) is 3.39. The maximum Gasteiger partial charge on any atom is 0.125 e. The number of aliphatic hydroxyl groups is 1. The highest BCUT2D eigenvalue weighted by Crippen LogP contribution is 2.33. The van der Waals surface area contributed by atoms with Gasteiger partial charge in [0.1, 0.15) is 17.6 Å². The minimum absolute atomic E-state index is 0.646. The number of halogens is 1. The van der Waals surface area contributed by atoms with Crippen LogP contribution in [0.15, 0.2) is 42.5 Å². The van der Waals surface area contributed by atoms with Crippen molar-refractivity contribution in [3.05, 3.63) is 57.2 Å². The van der Waals surface area contributed by atoms with Crippen molar-refractivity contribution < 1.29 is 14.6 Å². The molecule has 0 bridgehead atoms. The minimum atomic E-state index is -0.736. The number of hydrogen-bond acceptors (Lipinski definition) is 3. The number of methoxy groups -OCH3 is 2. The van der Waals surface area contributed by atoms with Crippen molar-refractivity contribution in [2.45, 2.75) is 6.10 Å². The van der Waals surface area contributed by atoms with E-state index in [4.69, 9.17) is 9.47 Å². The van der Waals surface area contributed by atoms with Gasteiger partial charge < -0.3 is 14.6 Å². The highest BCUT2D eigenvalue weighted by atomic mass is 127. The Morgan fingerprint density at radius 3 is 2.47 bits per heavy atom. The van der Waals surface area contributed by atoms with Crippen LogP contribution in [0.5, 0.6) is 11.5 Å². The lowest BCUT2D eigenvalue weighted by Gasteiger charge is -2.16. The number of aliphatic hydroxyl groups excluding tert-OH is 1. The first kappa shape index (κ1) is 14.1. The minimum Gasteiger partial charge on any atom is -0.497 e. The molecule has 2 aromatic rings. The van der Waals surface area contributed by atoms with Crippen LogP contribution in [-0.4, -0.2) is 19.3 Å². The number of ether oxygens (including phenoxy) is 2. The summed E-state index contributed by atoms with van der Waals surface area (Å²) < 4.78 is 11.6. The van der Waals surface area contributed by atoms with Crippen molar-refractivity contribution >= 4 is 22.6 Å². The van der Waals surface area contributed by atoms with Gasteiger partial charge in [0.25, 0.3) is 0 Å². The van der Waals surface area contributed by atoms with Crippen LogP contribution in [0.1, 0.15) is 17.2 Å². The van der Waals surface area contributed by atoms with Crippen LogP contribution in [-0.2, 0) is 0 Å². The van der Waals surface area contributed by atoms with E-state index in [-0.39, 0.29) is 0 Å². The molecule has 0 fully saturated rings. The van der Waals surface area contributed by atoms with Gasteiger partial charge in [0, 0.05) is 9.13 Å². The van der Waals surface area contributed by atoms with Crippen molar-refractivity contribution in [3.8, 4) is 11.5 Å². The molecule has 100 valence electrons. The van der Waals surface area contributed by atoms with Crippen molar-refractivity contribution in [2.24, 2.45) is 0 Å². The fourth-order valence-corrected chi connectivity index (χ4v) is 2.48. The fraction of sp³-hybridized carbons (Fsp3) is 0.200. The molecule has 2 aromatic carbocycles. The molecule has 0 saturated carbocycles. The largest absolute Gasteiger partial charge is 0.497 e. The second kappa shape index (κ2) is 6.25. The summed E-state index contributed by atoms with van der Waals surface area (Å²) in [6.07, 6.45) is -0.736. The van der Waals surface area contributed by atoms with Crippen molar-refractivity contribution in [2.75, 3.05) is 14.2 Å². The highest BCUT2D eigenvalue weighted by molar-refractivity contribution is 14.1. The monoisotopic (exact) mass is 370 g/mol. The van der Waals surface area contributed by atoms with Crippen LogP contribution in [0.3, 0.4) is 0 Å². The Morgan fingerprint density at radius 1 is 1.05 bits per heavy atom. The summed E-state index contributed by atoms with van der Waals surface area (Å²) in [6.45, 7) is 0. The fourth-order valence-electron chi connectivity index (χ4n) is 1.91.